The van der Waals surface area contributed by atoms with Crippen LogP contribution in [0.3, 0.4) is 0 Å². The van der Waals surface area contributed by atoms with Gasteiger partial charge in [0.1, 0.15) is 17.4 Å². The normalized spacial score (nSPS) is 17.8. The highest BCUT2D eigenvalue weighted by Crippen LogP contribution is 2.24. The summed E-state index contributed by atoms with van der Waals surface area (Å²) >= 11 is 0. The van der Waals surface area contributed by atoms with E-state index in [2.05, 4.69) is 10.1 Å². The maximum atomic E-state index is 12.5. The number of amides is 1. The summed E-state index contributed by atoms with van der Waals surface area (Å²) in [5.41, 5.74) is -0.578. The lowest BCUT2D eigenvalue weighted by Crippen LogP contribution is -2.46. The first kappa shape index (κ1) is 18.2. The van der Waals surface area contributed by atoms with Crippen LogP contribution in [0.2, 0.25) is 0 Å². The Morgan fingerprint density at radius 1 is 1.31 bits per heavy atom. The van der Waals surface area contributed by atoms with Crippen LogP contribution in [0.25, 0.3) is 0 Å². The number of benzene rings is 1. The molecule has 0 spiro atoms. The Labute approximate surface area is 152 Å². The van der Waals surface area contributed by atoms with E-state index >= 15 is 0 Å². The third-order valence-electron chi connectivity index (χ3n) is 3.64. The van der Waals surface area contributed by atoms with Crippen molar-refractivity contribution in [3.8, 4) is 5.75 Å². The fourth-order valence-corrected chi connectivity index (χ4v) is 2.48. The van der Waals surface area contributed by atoms with E-state index in [0.717, 1.165) is 0 Å². The van der Waals surface area contributed by atoms with E-state index in [1.165, 1.54) is 0 Å². The maximum Gasteiger partial charge on any atom is 0.411 e. The molecule has 1 aliphatic rings. The number of nitrogens with zero attached hydrogens (tertiary/aromatic N) is 3. The second-order valence-corrected chi connectivity index (χ2v) is 6.91. The fraction of sp³-hybridized carbons (Fsp3) is 0.500. The van der Waals surface area contributed by atoms with Crippen molar-refractivity contribution < 1.29 is 23.5 Å². The highest BCUT2D eigenvalue weighted by atomic mass is 16.6. The molecule has 1 aromatic heterocycles. The zero-order valence-corrected chi connectivity index (χ0v) is 15.2. The first-order chi connectivity index (χ1) is 12.4. The van der Waals surface area contributed by atoms with Gasteiger partial charge in [-0.1, -0.05) is 23.4 Å². The Hall–Kier alpha value is -2.61. The molecule has 1 atom stereocenters. The quantitative estimate of drug-likeness (QED) is 0.827. The topological polar surface area (TPSA) is 86.9 Å². The molecule has 1 saturated heterocycles. The second-order valence-electron chi connectivity index (χ2n) is 6.91. The highest BCUT2D eigenvalue weighted by Gasteiger charge is 2.35. The van der Waals surface area contributed by atoms with Gasteiger partial charge < -0.3 is 18.7 Å². The first-order valence-corrected chi connectivity index (χ1v) is 8.50. The van der Waals surface area contributed by atoms with E-state index in [0.29, 0.717) is 30.6 Å². The number of carbonyl (C=O) groups is 1. The van der Waals surface area contributed by atoms with E-state index in [9.17, 15) is 4.79 Å². The summed E-state index contributed by atoms with van der Waals surface area (Å²) in [5.74, 6) is 1.42. The molecule has 26 heavy (non-hydrogen) atoms. The van der Waals surface area contributed by atoms with Crippen molar-refractivity contribution in [3.05, 3.63) is 42.0 Å². The number of hydrogen-bond donors (Lipinski definition) is 0. The molecule has 1 fully saturated rings. The standard InChI is InChI=1S/C18H23N3O5/c1-18(2,3)25-17(22)21-9-10-23-11-14(21)16-19-15(26-20-16)12-24-13-7-5-4-6-8-13/h4-8,14H,9-12H2,1-3H3. The zero-order chi connectivity index (χ0) is 18.6. The molecule has 2 aromatic rings. The van der Waals surface area contributed by atoms with Crippen molar-refractivity contribution in [1.29, 1.82) is 0 Å². The molecule has 1 unspecified atom stereocenters. The third kappa shape index (κ3) is 4.72. The Bertz CT molecular complexity index is 726. The van der Waals surface area contributed by atoms with Crippen LogP contribution < -0.4 is 4.74 Å². The van der Waals surface area contributed by atoms with Gasteiger partial charge in [0, 0.05) is 6.54 Å². The van der Waals surface area contributed by atoms with E-state index < -0.39 is 17.7 Å². The summed E-state index contributed by atoms with van der Waals surface area (Å²) in [4.78, 5) is 18.4. The van der Waals surface area contributed by atoms with Crippen molar-refractivity contribution in [2.75, 3.05) is 19.8 Å². The molecule has 0 aliphatic carbocycles. The highest BCUT2D eigenvalue weighted by molar-refractivity contribution is 5.68. The second kappa shape index (κ2) is 7.74. The minimum Gasteiger partial charge on any atom is -0.484 e. The maximum absolute atomic E-state index is 12.5. The summed E-state index contributed by atoms with van der Waals surface area (Å²) in [7, 11) is 0. The lowest BCUT2D eigenvalue weighted by atomic mass is 10.2. The van der Waals surface area contributed by atoms with Gasteiger partial charge in [-0.15, -0.1) is 0 Å². The number of aromatic nitrogens is 2. The van der Waals surface area contributed by atoms with E-state index in [1.807, 2.05) is 51.1 Å². The van der Waals surface area contributed by atoms with Crippen molar-refractivity contribution in [2.45, 2.75) is 39.0 Å². The van der Waals surface area contributed by atoms with Gasteiger partial charge in [-0.25, -0.2) is 4.79 Å². The van der Waals surface area contributed by atoms with Gasteiger partial charge >= 0.3 is 6.09 Å². The van der Waals surface area contributed by atoms with Crippen LogP contribution in [0.4, 0.5) is 4.79 Å². The van der Waals surface area contributed by atoms with Gasteiger partial charge in [0.15, 0.2) is 12.4 Å². The summed E-state index contributed by atoms with van der Waals surface area (Å²) in [6.45, 7) is 6.77. The van der Waals surface area contributed by atoms with Crippen molar-refractivity contribution in [3.63, 3.8) is 0 Å². The number of rotatable bonds is 4. The Balaban J connectivity index is 1.66. The van der Waals surface area contributed by atoms with Crippen LogP contribution in [0, 0.1) is 0 Å². The van der Waals surface area contributed by atoms with Crippen LogP contribution in [-0.4, -0.2) is 46.5 Å². The number of morpholine rings is 1. The SMILES string of the molecule is CC(C)(C)OC(=O)N1CCOCC1c1noc(COc2ccccc2)n1. The lowest BCUT2D eigenvalue weighted by molar-refractivity contribution is -0.0354. The van der Waals surface area contributed by atoms with Crippen molar-refractivity contribution in [2.24, 2.45) is 0 Å². The van der Waals surface area contributed by atoms with Crippen LogP contribution >= 0.6 is 0 Å². The summed E-state index contributed by atoms with van der Waals surface area (Å²) < 4.78 is 21.8. The zero-order valence-electron chi connectivity index (χ0n) is 15.2. The summed E-state index contributed by atoms with van der Waals surface area (Å²) in [6.07, 6.45) is -0.419. The van der Waals surface area contributed by atoms with Crippen LogP contribution in [0.1, 0.15) is 38.5 Å². The van der Waals surface area contributed by atoms with Gasteiger partial charge in [0.2, 0.25) is 0 Å². The largest absolute Gasteiger partial charge is 0.484 e. The van der Waals surface area contributed by atoms with Gasteiger partial charge in [0.25, 0.3) is 5.89 Å². The molecule has 8 heteroatoms. The van der Waals surface area contributed by atoms with Crippen molar-refractivity contribution in [1.82, 2.24) is 15.0 Å². The van der Waals surface area contributed by atoms with E-state index in [1.54, 1.807) is 4.90 Å². The molecule has 8 nitrogen and oxygen atoms in total. The molecule has 1 amide bonds. The van der Waals surface area contributed by atoms with E-state index in [-0.39, 0.29) is 13.2 Å². The van der Waals surface area contributed by atoms with Crippen LogP contribution in [0.5, 0.6) is 5.75 Å². The van der Waals surface area contributed by atoms with Gasteiger partial charge in [-0.2, -0.15) is 4.98 Å². The Kier molecular flexibility index (Phi) is 5.41. The number of carbonyl (C=O) groups excluding carboxylic acids is 1. The van der Waals surface area contributed by atoms with E-state index in [4.69, 9.17) is 18.7 Å². The minimum atomic E-state index is -0.578. The number of para-hydroxylation sites is 1. The smallest absolute Gasteiger partial charge is 0.411 e. The summed E-state index contributed by atoms with van der Waals surface area (Å²) in [5, 5.41) is 3.99. The molecule has 3 rings (SSSR count). The molecule has 1 aliphatic heterocycles. The van der Waals surface area contributed by atoms with Gasteiger partial charge in [-0.3, -0.25) is 4.90 Å². The molecule has 2 heterocycles. The molecule has 0 radical (unpaired) electrons. The average molecular weight is 361 g/mol. The molecule has 0 saturated carbocycles. The lowest BCUT2D eigenvalue weighted by Gasteiger charge is -2.34. The monoisotopic (exact) mass is 361 g/mol. The molecule has 0 N–H and O–H groups in total. The molecule has 1 aromatic carbocycles. The predicted octanol–water partition coefficient (Wildman–Crippen LogP) is 2.96. The molecular formula is C18H23N3O5. The number of hydrogen-bond acceptors (Lipinski definition) is 7. The Morgan fingerprint density at radius 2 is 2.08 bits per heavy atom. The van der Waals surface area contributed by atoms with Crippen LogP contribution in [0.15, 0.2) is 34.9 Å². The van der Waals surface area contributed by atoms with Gasteiger partial charge in [-0.05, 0) is 32.9 Å². The van der Waals surface area contributed by atoms with Crippen LogP contribution in [-0.2, 0) is 16.1 Å². The fourth-order valence-electron chi connectivity index (χ4n) is 2.48. The average Bonchev–Trinajstić information content (AvgIpc) is 3.08. The third-order valence-corrected chi connectivity index (χ3v) is 3.64. The van der Waals surface area contributed by atoms with Gasteiger partial charge in [0.05, 0.1) is 13.2 Å². The molecule has 140 valence electrons. The van der Waals surface area contributed by atoms with Crippen molar-refractivity contribution >= 4 is 6.09 Å². The predicted molar refractivity (Wildman–Crippen MR) is 91.6 cm³/mol. The Morgan fingerprint density at radius 3 is 2.81 bits per heavy atom. The molecular weight excluding hydrogens is 338 g/mol. The number of ether oxygens (including phenoxy) is 3. The minimum absolute atomic E-state index is 0.150. The summed E-state index contributed by atoms with van der Waals surface area (Å²) in [6, 6.07) is 8.91. The first-order valence-electron chi connectivity index (χ1n) is 8.50. The molecule has 0 bridgehead atoms.